The number of esters is 2. The fourth-order valence-corrected chi connectivity index (χ4v) is 6.48. The van der Waals surface area contributed by atoms with Crippen LogP contribution in [0, 0.1) is 0 Å². The number of carbonyl (C=O) groups excluding carboxylic acids is 4. The Hall–Kier alpha value is -3.76. The Labute approximate surface area is 313 Å². The van der Waals surface area contributed by atoms with E-state index >= 15 is 0 Å². The van der Waals surface area contributed by atoms with Crippen molar-refractivity contribution in [2.24, 2.45) is 0 Å². The van der Waals surface area contributed by atoms with Gasteiger partial charge in [-0.25, -0.2) is 9.59 Å². The summed E-state index contributed by atoms with van der Waals surface area (Å²) >= 11 is 0. The Morgan fingerprint density at radius 2 is 0.827 bits per heavy atom. The van der Waals surface area contributed by atoms with Crippen molar-refractivity contribution in [2.45, 2.75) is 103 Å². The van der Waals surface area contributed by atoms with E-state index in [2.05, 4.69) is 38.8 Å². The number of benzene rings is 2. The summed E-state index contributed by atoms with van der Waals surface area (Å²) in [6.07, 6.45) is 12.6. The van der Waals surface area contributed by atoms with Gasteiger partial charge < -0.3 is 29.1 Å². The van der Waals surface area contributed by atoms with Crippen molar-refractivity contribution >= 4 is 23.8 Å². The van der Waals surface area contributed by atoms with Crippen LogP contribution in [0.15, 0.2) is 60.7 Å². The van der Waals surface area contributed by atoms with Crippen molar-refractivity contribution in [3.05, 3.63) is 71.8 Å². The van der Waals surface area contributed by atoms with Gasteiger partial charge in [-0.2, -0.15) is 0 Å². The number of likely N-dealkylation sites (N-methyl/N-ethyl adjacent to an activating group) is 2. The van der Waals surface area contributed by atoms with E-state index in [-0.39, 0.29) is 25.0 Å². The minimum atomic E-state index is -0.691. The molecule has 2 amide bonds. The number of carbonyl (C=O) groups is 4. The van der Waals surface area contributed by atoms with Crippen molar-refractivity contribution in [1.29, 1.82) is 0 Å². The second-order valence-corrected chi connectivity index (χ2v) is 15.3. The summed E-state index contributed by atoms with van der Waals surface area (Å²) in [7, 11) is 8.28. The predicted octanol–water partition coefficient (Wildman–Crippen LogP) is 5.62. The summed E-state index contributed by atoms with van der Waals surface area (Å²) in [5, 5.41) is 5.85. The fourth-order valence-electron chi connectivity index (χ4n) is 6.48. The third-order valence-corrected chi connectivity index (χ3v) is 9.30. The van der Waals surface area contributed by atoms with Gasteiger partial charge in [0.2, 0.25) is 0 Å². The maximum Gasteiger partial charge on any atom is 0.328 e. The van der Waals surface area contributed by atoms with Crippen molar-refractivity contribution in [1.82, 2.24) is 10.6 Å². The van der Waals surface area contributed by atoms with Gasteiger partial charge in [0.15, 0.2) is 13.1 Å². The van der Waals surface area contributed by atoms with E-state index in [0.717, 1.165) is 49.9 Å². The van der Waals surface area contributed by atoms with Gasteiger partial charge in [-0.05, 0) is 50.7 Å². The zero-order chi connectivity index (χ0) is 38.2. The molecule has 10 heteroatoms. The molecule has 0 aliphatic heterocycles. The van der Waals surface area contributed by atoms with Gasteiger partial charge >= 0.3 is 11.9 Å². The minimum absolute atomic E-state index is 0.134. The lowest BCUT2D eigenvalue weighted by molar-refractivity contribution is -0.882. The zero-order valence-corrected chi connectivity index (χ0v) is 33.0. The summed E-state index contributed by atoms with van der Waals surface area (Å²) in [4.78, 5) is 50.9. The molecule has 0 saturated heterocycles. The van der Waals surface area contributed by atoms with Gasteiger partial charge in [-0.1, -0.05) is 99.2 Å². The number of nitrogens with one attached hydrogen (secondary N) is 2. The van der Waals surface area contributed by atoms with Crippen LogP contribution < -0.4 is 10.6 Å². The molecular weight excluding hydrogens is 656 g/mol. The van der Waals surface area contributed by atoms with Crippen LogP contribution in [-0.2, 0) is 41.5 Å². The summed E-state index contributed by atoms with van der Waals surface area (Å²) in [5.41, 5.74) is 1.96. The molecule has 0 aliphatic carbocycles. The van der Waals surface area contributed by atoms with Gasteiger partial charge in [0.25, 0.3) is 11.8 Å². The van der Waals surface area contributed by atoms with Crippen molar-refractivity contribution < 1.29 is 37.6 Å². The Bertz CT molecular complexity index is 1220. The van der Waals surface area contributed by atoms with Gasteiger partial charge in [0.05, 0.1) is 54.5 Å². The highest BCUT2D eigenvalue weighted by Crippen LogP contribution is 2.14. The van der Waals surface area contributed by atoms with E-state index in [9.17, 15) is 19.2 Å². The first-order valence-electron chi connectivity index (χ1n) is 19.5. The first-order chi connectivity index (χ1) is 24.8. The number of rotatable bonds is 27. The smallest absolute Gasteiger partial charge is 0.328 e. The van der Waals surface area contributed by atoms with E-state index in [4.69, 9.17) is 9.47 Å². The highest BCUT2D eigenvalue weighted by molar-refractivity contribution is 5.86. The molecule has 290 valence electrons. The highest BCUT2D eigenvalue weighted by Gasteiger charge is 2.28. The summed E-state index contributed by atoms with van der Waals surface area (Å²) < 4.78 is 11.6. The van der Waals surface area contributed by atoms with Crippen LogP contribution in [0.1, 0.15) is 89.2 Å². The lowest BCUT2D eigenvalue weighted by Crippen LogP contribution is -2.52. The number of hydrogen-bond donors (Lipinski definition) is 2. The van der Waals surface area contributed by atoms with Crippen LogP contribution in [0.3, 0.4) is 0 Å². The average molecular weight is 725 g/mol. The Kier molecular flexibility index (Phi) is 20.9. The zero-order valence-electron chi connectivity index (χ0n) is 33.0. The standard InChI is InChI=1S/C42H66N4O6/c1-7-51-41(49)37(31-35-25-19-17-20-26-35)43-39(47)33-45(3,4)29-23-15-13-11-9-10-12-14-16-24-30-46(5,6)34-40(48)44-38(42(50)52-8-2)32-36-27-21-18-22-28-36/h17-22,25-28,37-38H,7-16,23-24,29-34H2,1-6H3/p+2/t37-,38+. The largest absolute Gasteiger partial charge is 0.464 e. The molecule has 2 atom stereocenters. The van der Waals surface area contributed by atoms with Gasteiger partial charge in [-0.15, -0.1) is 0 Å². The number of hydrogen-bond acceptors (Lipinski definition) is 6. The second kappa shape index (κ2) is 24.5. The molecule has 0 spiro atoms. The number of quaternary nitrogens is 2. The highest BCUT2D eigenvalue weighted by atomic mass is 16.5. The molecule has 2 rings (SSSR count). The molecule has 2 aromatic carbocycles. The van der Waals surface area contributed by atoms with Gasteiger partial charge in [-0.3, -0.25) is 9.59 Å². The molecule has 10 nitrogen and oxygen atoms in total. The molecule has 0 saturated carbocycles. The molecule has 0 unspecified atom stereocenters. The topological polar surface area (TPSA) is 111 Å². The van der Waals surface area contributed by atoms with E-state index in [1.165, 1.54) is 38.5 Å². The number of nitrogens with zero attached hydrogens (tertiary/aromatic N) is 2. The molecule has 52 heavy (non-hydrogen) atoms. The minimum Gasteiger partial charge on any atom is -0.464 e. The number of unbranched alkanes of at least 4 members (excludes halogenated alkanes) is 9. The molecule has 0 aromatic heterocycles. The quantitative estimate of drug-likeness (QED) is 0.0704. The van der Waals surface area contributed by atoms with Crippen molar-refractivity contribution in [3.63, 3.8) is 0 Å². The van der Waals surface area contributed by atoms with Crippen LogP contribution in [0.4, 0.5) is 0 Å². The summed E-state index contributed by atoms with van der Waals surface area (Å²) in [5.74, 6) is -1.06. The Balaban J connectivity index is 1.56. The third-order valence-electron chi connectivity index (χ3n) is 9.30. The average Bonchev–Trinajstić information content (AvgIpc) is 3.08. The summed E-state index contributed by atoms with van der Waals surface area (Å²) in [6.45, 7) is 6.56. The maximum absolute atomic E-state index is 12.9. The monoisotopic (exact) mass is 725 g/mol. The molecule has 0 heterocycles. The van der Waals surface area contributed by atoms with Crippen LogP contribution >= 0.6 is 0 Å². The molecule has 0 bridgehead atoms. The van der Waals surface area contributed by atoms with Gasteiger partial charge in [0, 0.05) is 12.8 Å². The van der Waals surface area contributed by atoms with Crippen LogP contribution in [-0.4, -0.2) is 112 Å². The predicted molar refractivity (Wildman–Crippen MR) is 207 cm³/mol. The molecule has 2 aromatic rings. The number of amides is 2. The number of ether oxygens (including phenoxy) is 2. The van der Waals surface area contributed by atoms with Crippen molar-refractivity contribution in [2.75, 3.05) is 67.6 Å². The molecule has 2 N–H and O–H groups in total. The van der Waals surface area contributed by atoms with Crippen LogP contribution in [0.5, 0.6) is 0 Å². The van der Waals surface area contributed by atoms with Crippen LogP contribution in [0.2, 0.25) is 0 Å². The molecular formula is C42H68N4O6+2. The Morgan fingerprint density at radius 3 is 1.13 bits per heavy atom. The SMILES string of the molecule is CCOC(=O)[C@H](Cc1ccccc1)NC(=O)C[N+](C)(C)CCCCCCCCCCCC[N+](C)(C)CC(=O)N[C@H](Cc1ccccc1)C(=O)OCC. The van der Waals surface area contributed by atoms with Crippen molar-refractivity contribution in [3.8, 4) is 0 Å². The van der Waals surface area contributed by atoms with E-state index in [1.54, 1.807) is 13.8 Å². The second-order valence-electron chi connectivity index (χ2n) is 15.3. The lowest BCUT2D eigenvalue weighted by Gasteiger charge is -2.30. The third kappa shape index (κ3) is 19.7. The molecule has 0 fully saturated rings. The first kappa shape index (κ1) is 44.4. The van der Waals surface area contributed by atoms with E-state index < -0.39 is 24.0 Å². The Morgan fingerprint density at radius 1 is 0.519 bits per heavy atom. The molecule has 0 aliphatic rings. The van der Waals surface area contributed by atoms with Crippen LogP contribution in [0.25, 0.3) is 0 Å². The lowest BCUT2D eigenvalue weighted by atomic mass is 10.1. The summed E-state index contributed by atoms with van der Waals surface area (Å²) in [6, 6.07) is 18.0. The first-order valence-corrected chi connectivity index (χ1v) is 19.5. The van der Waals surface area contributed by atoms with E-state index in [0.29, 0.717) is 34.9 Å². The van der Waals surface area contributed by atoms with E-state index in [1.807, 2.05) is 60.7 Å². The maximum atomic E-state index is 12.9. The normalized spacial score (nSPS) is 12.8. The molecule has 0 radical (unpaired) electrons. The van der Waals surface area contributed by atoms with Gasteiger partial charge in [0.1, 0.15) is 12.1 Å². The fraction of sp³-hybridized carbons (Fsp3) is 0.619.